The molecule has 0 atom stereocenters. The summed E-state index contributed by atoms with van der Waals surface area (Å²) >= 11 is 0. The van der Waals surface area contributed by atoms with Crippen LogP contribution in [0, 0.1) is 5.82 Å². The summed E-state index contributed by atoms with van der Waals surface area (Å²) in [6, 6.07) is 7.79. The molecule has 0 aliphatic rings. The minimum atomic E-state index is -1.03. The number of H-pyrrole nitrogens is 2. The van der Waals surface area contributed by atoms with Crippen LogP contribution in [0.15, 0.2) is 36.5 Å². The minimum absolute atomic E-state index is 0.113. The Labute approximate surface area is 101 Å². The van der Waals surface area contributed by atoms with Crippen LogP contribution in [0.4, 0.5) is 4.39 Å². The number of hydrogen-bond acceptors (Lipinski definition) is 1. The van der Waals surface area contributed by atoms with Gasteiger partial charge in [-0.15, -0.1) is 0 Å². The summed E-state index contributed by atoms with van der Waals surface area (Å²) in [5.74, 6) is -1.35. The number of carboxylic acids is 1. The molecule has 0 aliphatic heterocycles. The fraction of sp³-hybridized carbons (Fsp3) is 0. The van der Waals surface area contributed by atoms with Crippen LogP contribution in [0.25, 0.3) is 22.2 Å². The molecule has 0 fully saturated rings. The minimum Gasteiger partial charge on any atom is -0.477 e. The Bertz CT molecular complexity index is 742. The van der Waals surface area contributed by atoms with Gasteiger partial charge in [0.1, 0.15) is 11.5 Å². The van der Waals surface area contributed by atoms with Crippen LogP contribution < -0.4 is 0 Å². The number of carbonyl (C=O) groups is 1. The number of aromatic carboxylic acids is 1. The Morgan fingerprint density at radius 2 is 2.06 bits per heavy atom. The molecule has 3 rings (SSSR count). The van der Waals surface area contributed by atoms with Crippen LogP contribution in [0.1, 0.15) is 10.5 Å². The van der Waals surface area contributed by atoms with Gasteiger partial charge in [-0.05, 0) is 30.3 Å². The van der Waals surface area contributed by atoms with Gasteiger partial charge in [-0.2, -0.15) is 0 Å². The van der Waals surface area contributed by atoms with E-state index in [1.165, 1.54) is 12.1 Å². The average molecular weight is 244 g/mol. The van der Waals surface area contributed by atoms with Crippen LogP contribution >= 0.6 is 0 Å². The first-order chi connectivity index (χ1) is 8.65. The monoisotopic (exact) mass is 244 g/mol. The molecule has 0 spiro atoms. The first-order valence-electron chi connectivity index (χ1n) is 5.34. The van der Waals surface area contributed by atoms with E-state index in [0.717, 1.165) is 5.52 Å². The summed E-state index contributed by atoms with van der Waals surface area (Å²) < 4.78 is 13.1. The van der Waals surface area contributed by atoms with Crippen molar-refractivity contribution in [1.82, 2.24) is 9.97 Å². The topological polar surface area (TPSA) is 68.9 Å². The van der Waals surface area contributed by atoms with Crippen molar-refractivity contribution in [3.8, 4) is 11.3 Å². The first-order valence-corrected chi connectivity index (χ1v) is 5.34. The van der Waals surface area contributed by atoms with Gasteiger partial charge in [-0.1, -0.05) is 0 Å². The molecule has 1 aromatic carbocycles. The standard InChI is InChI=1S/C13H9FN2O2/c14-8-1-2-10-7(5-8)6-11(16-10)9-3-4-15-12(9)13(17)18/h1-6,15-16H,(H,17,18). The third kappa shape index (κ3) is 1.57. The number of aromatic nitrogens is 2. The molecule has 0 saturated heterocycles. The maximum Gasteiger partial charge on any atom is 0.353 e. The van der Waals surface area contributed by atoms with E-state index >= 15 is 0 Å². The smallest absolute Gasteiger partial charge is 0.353 e. The van der Waals surface area contributed by atoms with Gasteiger partial charge in [-0.3, -0.25) is 0 Å². The number of rotatable bonds is 2. The molecule has 18 heavy (non-hydrogen) atoms. The predicted octanol–water partition coefficient (Wildman–Crippen LogP) is 3.00. The molecule has 0 unspecified atom stereocenters. The van der Waals surface area contributed by atoms with Crippen molar-refractivity contribution in [1.29, 1.82) is 0 Å². The average Bonchev–Trinajstić information content (AvgIpc) is 2.93. The zero-order valence-electron chi connectivity index (χ0n) is 9.20. The molecule has 0 radical (unpaired) electrons. The lowest BCUT2D eigenvalue weighted by Gasteiger charge is -1.95. The molecule has 90 valence electrons. The molecule has 4 nitrogen and oxygen atoms in total. The van der Waals surface area contributed by atoms with Crippen LogP contribution in [0.2, 0.25) is 0 Å². The van der Waals surface area contributed by atoms with Crippen LogP contribution in [0.3, 0.4) is 0 Å². The number of fused-ring (bicyclic) bond motifs is 1. The van der Waals surface area contributed by atoms with E-state index in [9.17, 15) is 9.18 Å². The lowest BCUT2D eigenvalue weighted by Crippen LogP contribution is -1.98. The normalized spacial score (nSPS) is 10.9. The number of aromatic amines is 2. The van der Waals surface area contributed by atoms with Crippen molar-refractivity contribution in [2.24, 2.45) is 0 Å². The third-order valence-electron chi connectivity index (χ3n) is 2.83. The van der Waals surface area contributed by atoms with Crippen molar-refractivity contribution in [2.45, 2.75) is 0 Å². The summed E-state index contributed by atoms with van der Waals surface area (Å²) in [6.07, 6.45) is 1.56. The fourth-order valence-corrected chi connectivity index (χ4v) is 2.02. The Kier molecular flexibility index (Phi) is 2.19. The van der Waals surface area contributed by atoms with Crippen molar-refractivity contribution in [3.05, 3.63) is 48.0 Å². The summed E-state index contributed by atoms with van der Waals surface area (Å²) in [7, 11) is 0. The summed E-state index contributed by atoms with van der Waals surface area (Å²) in [4.78, 5) is 16.8. The van der Waals surface area contributed by atoms with Crippen molar-refractivity contribution < 1.29 is 14.3 Å². The molecular weight excluding hydrogens is 235 g/mol. The van der Waals surface area contributed by atoms with Crippen LogP contribution in [-0.4, -0.2) is 21.0 Å². The molecule has 5 heteroatoms. The van der Waals surface area contributed by atoms with Gasteiger partial charge in [0.05, 0.1) is 0 Å². The number of halogens is 1. The quantitative estimate of drug-likeness (QED) is 0.648. The van der Waals surface area contributed by atoms with Crippen molar-refractivity contribution in [3.63, 3.8) is 0 Å². The molecule has 3 aromatic rings. The predicted molar refractivity (Wildman–Crippen MR) is 65.0 cm³/mol. The molecule has 2 heterocycles. The zero-order chi connectivity index (χ0) is 12.7. The second-order valence-electron chi connectivity index (χ2n) is 3.99. The van der Waals surface area contributed by atoms with E-state index in [0.29, 0.717) is 16.6 Å². The molecular formula is C13H9FN2O2. The summed E-state index contributed by atoms with van der Waals surface area (Å²) in [5, 5.41) is 9.74. The highest BCUT2D eigenvalue weighted by Crippen LogP contribution is 2.26. The fourth-order valence-electron chi connectivity index (χ4n) is 2.02. The molecule has 0 amide bonds. The number of nitrogens with one attached hydrogen (secondary N) is 2. The van der Waals surface area contributed by atoms with Gasteiger partial charge >= 0.3 is 5.97 Å². The highest BCUT2D eigenvalue weighted by Gasteiger charge is 2.14. The Hall–Kier alpha value is -2.56. The Morgan fingerprint density at radius 1 is 1.22 bits per heavy atom. The SMILES string of the molecule is O=C(O)c1[nH]ccc1-c1cc2cc(F)ccc2[nH]1. The van der Waals surface area contributed by atoms with E-state index < -0.39 is 5.97 Å². The number of benzene rings is 1. The molecule has 0 saturated carbocycles. The van der Waals surface area contributed by atoms with Crippen molar-refractivity contribution >= 4 is 16.9 Å². The summed E-state index contributed by atoms with van der Waals surface area (Å²) in [6.45, 7) is 0. The van der Waals surface area contributed by atoms with E-state index in [-0.39, 0.29) is 11.5 Å². The van der Waals surface area contributed by atoms with Gasteiger partial charge in [0.2, 0.25) is 0 Å². The largest absolute Gasteiger partial charge is 0.477 e. The molecule has 3 N–H and O–H groups in total. The number of hydrogen-bond donors (Lipinski definition) is 3. The maximum absolute atomic E-state index is 13.1. The maximum atomic E-state index is 13.1. The molecule has 0 aliphatic carbocycles. The van der Waals surface area contributed by atoms with Gasteiger partial charge in [0, 0.05) is 28.4 Å². The summed E-state index contributed by atoms with van der Waals surface area (Å²) in [5.41, 5.74) is 2.08. The van der Waals surface area contributed by atoms with Crippen molar-refractivity contribution in [2.75, 3.05) is 0 Å². The van der Waals surface area contributed by atoms with Gasteiger partial charge in [-0.25, -0.2) is 9.18 Å². The number of carboxylic acid groups (broad SMARTS) is 1. The lowest BCUT2D eigenvalue weighted by molar-refractivity contribution is 0.0692. The third-order valence-corrected chi connectivity index (χ3v) is 2.83. The van der Waals surface area contributed by atoms with E-state index in [1.807, 2.05) is 0 Å². The van der Waals surface area contributed by atoms with Crippen LogP contribution in [-0.2, 0) is 0 Å². The van der Waals surface area contributed by atoms with E-state index in [4.69, 9.17) is 5.11 Å². The Morgan fingerprint density at radius 3 is 2.83 bits per heavy atom. The highest BCUT2D eigenvalue weighted by molar-refractivity contribution is 5.96. The zero-order valence-corrected chi connectivity index (χ0v) is 9.20. The second-order valence-corrected chi connectivity index (χ2v) is 3.99. The van der Waals surface area contributed by atoms with E-state index in [2.05, 4.69) is 9.97 Å². The lowest BCUT2D eigenvalue weighted by atomic mass is 10.1. The van der Waals surface area contributed by atoms with Gasteiger partial charge in [0.25, 0.3) is 0 Å². The molecule has 0 bridgehead atoms. The van der Waals surface area contributed by atoms with Gasteiger partial charge < -0.3 is 15.1 Å². The highest BCUT2D eigenvalue weighted by atomic mass is 19.1. The Balaban J connectivity index is 2.19. The first kappa shape index (κ1) is 10.6. The molecule has 2 aromatic heterocycles. The second kappa shape index (κ2) is 3.73. The van der Waals surface area contributed by atoms with Gasteiger partial charge in [0.15, 0.2) is 0 Å². The van der Waals surface area contributed by atoms with E-state index in [1.54, 1.807) is 24.4 Å². The van der Waals surface area contributed by atoms with Crippen LogP contribution in [0.5, 0.6) is 0 Å².